The van der Waals surface area contributed by atoms with E-state index < -0.39 is 0 Å². The maximum absolute atomic E-state index is 10.2. The van der Waals surface area contributed by atoms with Crippen molar-refractivity contribution in [1.82, 2.24) is 0 Å². The minimum Gasteiger partial charge on any atom is -0.428 e. The van der Waals surface area contributed by atoms with Crippen LogP contribution < -0.4 is 5.73 Å². The number of amides is 1. The summed E-state index contributed by atoms with van der Waals surface area (Å²) >= 11 is 0. The van der Waals surface area contributed by atoms with Gasteiger partial charge in [0.25, 0.3) is 0 Å². The highest BCUT2D eigenvalue weighted by atomic mass is 28.2. The molecule has 60 valence electrons. The van der Waals surface area contributed by atoms with Gasteiger partial charge in [0.1, 0.15) is 10.5 Å². The third-order valence-electron chi connectivity index (χ3n) is 1.27. The van der Waals surface area contributed by atoms with Crippen molar-refractivity contribution in [3.63, 3.8) is 0 Å². The zero-order chi connectivity index (χ0) is 7.82. The van der Waals surface area contributed by atoms with Crippen LogP contribution in [0.5, 0.6) is 0 Å². The number of nitrogens with two attached hydrogens (primary N) is 1. The largest absolute Gasteiger partial charge is 0.428 e. The Labute approximate surface area is 64.5 Å². The van der Waals surface area contributed by atoms with E-state index in [0.29, 0.717) is 6.42 Å². The minimum atomic E-state index is -0.202. The van der Waals surface area contributed by atoms with E-state index in [2.05, 4.69) is 0 Å². The zero-order valence-corrected chi connectivity index (χ0v) is 8.43. The van der Waals surface area contributed by atoms with E-state index >= 15 is 0 Å². The van der Waals surface area contributed by atoms with E-state index in [1.54, 1.807) is 0 Å². The van der Waals surface area contributed by atoms with Gasteiger partial charge in [-0.25, -0.2) is 0 Å². The molecule has 0 bridgehead atoms. The van der Waals surface area contributed by atoms with Crippen LogP contribution >= 0.6 is 0 Å². The van der Waals surface area contributed by atoms with Crippen molar-refractivity contribution in [2.75, 3.05) is 6.61 Å². The van der Waals surface area contributed by atoms with Gasteiger partial charge in [-0.15, -0.1) is 0 Å². The molecule has 1 amide bonds. The lowest BCUT2D eigenvalue weighted by atomic mass is 10.2. The number of carbonyl (C=O) groups excluding carboxylic acids is 1. The maximum atomic E-state index is 10.2. The summed E-state index contributed by atoms with van der Waals surface area (Å²) in [6, 6.07) is 0. The fourth-order valence-corrected chi connectivity index (χ4v) is 1.01. The van der Waals surface area contributed by atoms with Gasteiger partial charge in [-0.2, -0.15) is 0 Å². The van der Waals surface area contributed by atoms with Gasteiger partial charge in [-0.1, -0.05) is 6.42 Å². The quantitative estimate of drug-likeness (QED) is 0.415. The molecular formula is C6H15NO2Si. The third kappa shape index (κ3) is 7.65. The summed E-state index contributed by atoms with van der Waals surface area (Å²) in [4.78, 5) is 10.2. The molecule has 4 heteroatoms. The van der Waals surface area contributed by atoms with Gasteiger partial charge >= 0.3 is 0 Å². The summed E-state index contributed by atoms with van der Waals surface area (Å²) in [7, 11) is 0.812. The molecule has 0 heterocycles. The Morgan fingerprint density at radius 2 is 2.10 bits per heavy atom. The number of hydrogen-bond acceptors (Lipinski definition) is 2. The van der Waals surface area contributed by atoms with Crippen LogP contribution in [0.25, 0.3) is 0 Å². The Kier molecular flexibility index (Phi) is 6.52. The lowest BCUT2D eigenvalue weighted by molar-refractivity contribution is -0.118. The molecule has 0 saturated heterocycles. The molecule has 0 rings (SSSR count). The molecule has 10 heavy (non-hydrogen) atoms. The molecule has 0 aliphatic heterocycles. The van der Waals surface area contributed by atoms with E-state index in [1.165, 1.54) is 0 Å². The van der Waals surface area contributed by atoms with Crippen LogP contribution in [0.15, 0.2) is 0 Å². The van der Waals surface area contributed by atoms with Gasteiger partial charge in [-0.3, -0.25) is 4.79 Å². The summed E-state index contributed by atoms with van der Waals surface area (Å²) in [5, 5.41) is 0. The third-order valence-corrected chi connectivity index (χ3v) is 1.68. The second kappa shape index (κ2) is 6.76. The first kappa shape index (κ1) is 9.65. The standard InChI is InChI=1S/C6H15NO2Si/c7-6(8)4-2-1-3-5-9-10/h1-5H2,10H3,(H2,7,8). The summed E-state index contributed by atoms with van der Waals surface area (Å²) in [5.41, 5.74) is 4.94. The van der Waals surface area contributed by atoms with Crippen molar-refractivity contribution in [2.45, 2.75) is 25.7 Å². The minimum absolute atomic E-state index is 0.202. The van der Waals surface area contributed by atoms with Crippen molar-refractivity contribution in [1.29, 1.82) is 0 Å². The Hall–Kier alpha value is -0.353. The highest BCUT2D eigenvalue weighted by Crippen LogP contribution is 1.98. The molecule has 0 aromatic rings. The molecule has 0 saturated carbocycles. The smallest absolute Gasteiger partial charge is 0.217 e. The molecule has 0 fully saturated rings. The summed E-state index contributed by atoms with van der Waals surface area (Å²) in [6.45, 7) is 0.838. The number of carbonyl (C=O) groups is 1. The topological polar surface area (TPSA) is 52.3 Å². The molecule has 2 N–H and O–H groups in total. The second-order valence-corrected chi connectivity index (χ2v) is 2.85. The van der Waals surface area contributed by atoms with Gasteiger partial charge in [0.05, 0.1) is 0 Å². The maximum Gasteiger partial charge on any atom is 0.217 e. The van der Waals surface area contributed by atoms with E-state index in [1.807, 2.05) is 0 Å². The lowest BCUT2D eigenvalue weighted by Gasteiger charge is -1.97. The van der Waals surface area contributed by atoms with Crippen molar-refractivity contribution in [3.05, 3.63) is 0 Å². The molecule has 0 spiro atoms. The van der Waals surface area contributed by atoms with Gasteiger partial charge in [0.15, 0.2) is 0 Å². The van der Waals surface area contributed by atoms with Crippen molar-refractivity contribution < 1.29 is 9.22 Å². The Morgan fingerprint density at radius 1 is 1.40 bits per heavy atom. The average molecular weight is 161 g/mol. The Morgan fingerprint density at radius 3 is 2.60 bits per heavy atom. The Balaban J connectivity index is 2.84. The highest BCUT2D eigenvalue weighted by molar-refractivity contribution is 5.97. The molecular weight excluding hydrogens is 146 g/mol. The van der Waals surface area contributed by atoms with Gasteiger partial charge < -0.3 is 10.2 Å². The summed E-state index contributed by atoms with van der Waals surface area (Å²) in [5.74, 6) is -0.202. The molecule has 0 aliphatic carbocycles. The molecule has 0 aromatic carbocycles. The predicted molar refractivity (Wildman–Crippen MR) is 43.6 cm³/mol. The first-order valence-electron chi connectivity index (χ1n) is 3.54. The number of hydrogen-bond donors (Lipinski definition) is 1. The van der Waals surface area contributed by atoms with Crippen LogP contribution in [0.2, 0.25) is 0 Å². The first-order valence-corrected chi connectivity index (χ1v) is 4.36. The fraction of sp³-hybridized carbons (Fsp3) is 0.833. The predicted octanol–water partition coefficient (Wildman–Crippen LogP) is -0.671. The molecule has 0 atom stereocenters. The monoisotopic (exact) mass is 161 g/mol. The zero-order valence-electron chi connectivity index (χ0n) is 6.43. The van der Waals surface area contributed by atoms with E-state index in [-0.39, 0.29) is 5.91 Å². The second-order valence-electron chi connectivity index (χ2n) is 2.27. The summed E-state index contributed by atoms with van der Waals surface area (Å²) in [6.07, 6.45) is 3.52. The fourth-order valence-electron chi connectivity index (χ4n) is 0.722. The number of rotatable bonds is 6. The van der Waals surface area contributed by atoms with E-state index in [9.17, 15) is 4.79 Å². The van der Waals surface area contributed by atoms with Gasteiger partial charge in [0.2, 0.25) is 5.91 Å². The number of primary amides is 1. The van der Waals surface area contributed by atoms with E-state index in [0.717, 1.165) is 36.4 Å². The van der Waals surface area contributed by atoms with Crippen LogP contribution in [0.1, 0.15) is 25.7 Å². The molecule has 0 radical (unpaired) electrons. The average Bonchev–Trinajstić information content (AvgIpc) is 1.87. The van der Waals surface area contributed by atoms with Crippen LogP contribution in [-0.2, 0) is 9.22 Å². The first-order chi connectivity index (χ1) is 4.77. The molecule has 0 aliphatic rings. The van der Waals surface area contributed by atoms with Crippen LogP contribution in [0.4, 0.5) is 0 Å². The van der Waals surface area contributed by atoms with Crippen molar-refractivity contribution in [2.24, 2.45) is 5.73 Å². The van der Waals surface area contributed by atoms with Crippen molar-refractivity contribution >= 4 is 16.4 Å². The van der Waals surface area contributed by atoms with Crippen LogP contribution in [0.3, 0.4) is 0 Å². The SMILES string of the molecule is NC(=O)CCCCCO[SiH3]. The molecule has 0 aromatic heterocycles. The van der Waals surface area contributed by atoms with Crippen LogP contribution in [-0.4, -0.2) is 23.0 Å². The van der Waals surface area contributed by atoms with E-state index in [4.69, 9.17) is 10.2 Å². The highest BCUT2D eigenvalue weighted by Gasteiger charge is 1.92. The lowest BCUT2D eigenvalue weighted by Crippen LogP contribution is -2.09. The normalized spacial score (nSPS) is 10.0. The Bertz CT molecular complexity index is 97.7. The number of unbranched alkanes of at least 4 members (excludes halogenated alkanes) is 2. The van der Waals surface area contributed by atoms with Gasteiger partial charge in [0, 0.05) is 13.0 Å². The molecule has 3 nitrogen and oxygen atoms in total. The summed E-state index contributed by atoms with van der Waals surface area (Å²) < 4.78 is 4.97. The van der Waals surface area contributed by atoms with Crippen molar-refractivity contribution in [3.8, 4) is 0 Å². The van der Waals surface area contributed by atoms with Crippen LogP contribution in [0, 0.1) is 0 Å². The molecule has 0 unspecified atom stereocenters. The van der Waals surface area contributed by atoms with Gasteiger partial charge in [-0.05, 0) is 12.8 Å².